The summed E-state index contributed by atoms with van der Waals surface area (Å²) in [6, 6.07) is 15.7. The van der Waals surface area contributed by atoms with Gasteiger partial charge in [0.15, 0.2) is 0 Å². The van der Waals surface area contributed by atoms with Crippen LogP contribution in [0.25, 0.3) is 22.5 Å². The summed E-state index contributed by atoms with van der Waals surface area (Å²) in [4.78, 5) is 38.7. The second-order valence-electron chi connectivity index (χ2n) is 14.9. The van der Waals surface area contributed by atoms with Crippen LogP contribution < -0.4 is 15.5 Å². The molecule has 11 nitrogen and oxygen atoms in total. The van der Waals surface area contributed by atoms with Crippen molar-refractivity contribution in [3.05, 3.63) is 54.1 Å². The van der Waals surface area contributed by atoms with Crippen LogP contribution in [0.3, 0.4) is 0 Å². The number of ether oxygens (including phenoxy) is 2. The standard InChI is InChI=1S/C37H52N6O5/c1-26(44)39-22-31(45)38-20-18-32(46)42-23-27-14-9-10-15-28(27)34-33(29-16-11-12-17-30(29)42)40-41-43(34)24-37(7,8)47-21-13-19-36(5,6)48-25-35(2,3)4/h9-12,14-17H,13,18-25H2,1-8H3,(H,38,45)(H,39,44). The first-order valence-corrected chi connectivity index (χ1v) is 16.8. The van der Waals surface area contributed by atoms with Gasteiger partial charge in [-0.05, 0) is 57.6 Å². The van der Waals surface area contributed by atoms with Gasteiger partial charge < -0.3 is 25.0 Å². The molecule has 0 fully saturated rings. The monoisotopic (exact) mass is 660 g/mol. The molecule has 260 valence electrons. The highest BCUT2D eigenvalue weighted by Crippen LogP contribution is 2.41. The highest BCUT2D eigenvalue weighted by Gasteiger charge is 2.31. The highest BCUT2D eigenvalue weighted by atomic mass is 16.5. The van der Waals surface area contributed by atoms with Crippen molar-refractivity contribution >= 4 is 23.4 Å². The van der Waals surface area contributed by atoms with E-state index < -0.39 is 5.60 Å². The minimum atomic E-state index is -0.527. The topological polar surface area (TPSA) is 128 Å². The number of nitrogens with zero attached hydrogens (tertiary/aromatic N) is 4. The molecule has 4 rings (SSSR count). The molecule has 0 spiro atoms. The molecule has 2 N–H and O–H groups in total. The molecule has 0 atom stereocenters. The number of anilines is 1. The molecule has 11 heteroatoms. The number of nitrogens with one attached hydrogen (secondary N) is 2. The van der Waals surface area contributed by atoms with Gasteiger partial charge in [0.25, 0.3) is 0 Å². The van der Waals surface area contributed by atoms with E-state index in [1.807, 2.05) is 53.2 Å². The summed E-state index contributed by atoms with van der Waals surface area (Å²) in [5.74, 6) is -0.783. The van der Waals surface area contributed by atoms with E-state index in [0.717, 1.165) is 40.9 Å². The number of benzene rings is 2. The lowest BCUT2D eigenvalue weighted by Gasteiger charge is -2.31. The Bertz CT molecular complexity index is 1590. The normalized spacial score (nSPS) is 13.1. The van der Waals surface area contributed by atoms with Crippen LogP contribution in [-0.2, 0) is 36.9 Å². The maximum atomic E-state index is 13.7. The Morgan fingerprint density at radius 2 is 1.56 bits per heavy atom. The van der Waals surface area contributed by atoms with Crippen LogP contribution in [0.5, 0.6) is 0 Å². The van der Waals surface area contributed by atoms with Crippen LogP contribution >= 0.6 is 0 Å². The van der Waals surface area contributed by atoms with Gasteiger partial charge in [0, 0.05) is 37.6 Å². The average Bonchev–Trinajstić information content (AvgIpc) is 3.40. The Morgan fingerprint density at radius 3 is 2.27 bits per heavy atom. The molecule has 1 aliphatic rings. The van der Waals surface area contributed by atoms with Crippen molar-refractivity contribution < 1.29 is 23.9 Å². The maximum Gasteiger partial charge on any atom is 0.239 e. The third-order valence-corrected chi connectivity index (χ3v) is 8.09. The number of hydrogen-bond acceptors (Lipinski definition) is 7. The first-order chi connectivity index (χ1) is 22.6. The molecule has 2 aromatic carbocycles. The van der Waals surface area contributed by atoms with Gasteiger partial charge >= 0.3 is 0 Å². The van der Waals surface area contributed by atoms with Gasteiger partial charge in [0.05, 0.1) is 48.8 Å². The number of aromatic nitrogens is 3. The summed E-state index contributed by atoms with van der Waals surface area (Å²) in [5.41, 5.74) is 4.36. The number of carbonyl (C=O) groups excluding carboxylic acids is 3. The smallest absolute Gasteiger partial charge is 0.239 e. The molecule has 0 bridgehead atoms. The van der Waals surface area contributed by atoms with Gasteiger partial charge in [0.1, 0.15) is 5.69 Å². The van der Waals surface area contributed by atoms with Crippen LogP contribution in [-0.4, -0.2) is 70.2 Å². The van der Waals surface area contributed by atoms with Gasteiger partial charge in [-0.2, -0.15) is 0 Å². The second-order valence-corrected chi connectivity index (χ2v) is 14.9. The zero-order chi connectivity index (χ0) is 35.1. The lowest BCUT2D eigenvalue weighted by molar-refractivity contribution is -0.125. The van der Waals surface area contributed by atoms with E-state index in [9.17, 15) is 14.4 Å². The number of para-hydroxylation sites is 1. The largest absolute Gasteiger partial charge is 0.375 e. The van der Waals surface area contributed by atoms with E-state index in [-0.39, 0.29) is 48.2 Å². The zero-order valence-corrected chi connectivity index (χ0v) is 29.8. The lowest BCUT2D eigenvalue weighted by atomic mass is 9.95. The number of hydrogen-bond donors (Lipinski definition) is 2. The predicted octanol–water partition coefficient (Wildman–Crippen LogP) is 5.52. The summed E-state index contributed by atoms with van der Waals surface area (Å²) < 4.78 is 14.5. The number of rotatable bonds is 14. The average molecular weight is 661 g/mol. The third kappa shape index (κ3) is 10.2. The fraction of sp³-hybridized carbons (Fsp3) is 0.541. The molecule has 3 amide bonds. The quantitative estimate of drug-likeness (QED) is 0.218. The lowest BCUT2D eigenvalue weighted by Crippen LogP contribution is -2.39. The Hall–Kier alpha value is -4.09. The molecule has 1 aromatic heterocycles. The summed E-state index contributed by atoms with van der Waals surface area (Å²) in [5, 5.41) is 14.5. The Labute approximate surface area is 284 Å². The summed E-state index contributed by atoms with van der Waals surface area (Å²) in [6.45, 7) is 18.4. The minimum absolute atomic E-state index is 0.0906. The molecule has 0 saturated carbocycles. The predicted molar refractivity (Wildman–Crippen MR) is 187 cm³/mol. The molecule has 0 unspecified atom stereocenters. The molecule has 3 aromatic rings. The van der Waals surface area contributed by atoms with Crippen LogP contribution in [0, 0.1) is 5.41 Å². The first kappa shape index (κ1) is 36.7. The van der Waals surface area contributed by atoms with Crippen molar-refractivity contribution in [2.24, 2.45) is 5.41 Å². The van der Waals surface area contributed by atoms with E-state index in [1.54, 1.807) is 4.90 Å². The summed E-state index contributed by atoms with van der Waals surface area (Å²) >= 11 is 0. The van der Waals surface area contributed by atoms with Crippen molar-refractivity contribution in [2.75, 3.05) is 31.2 Å². The maximum absolute atomic E-state index is 13.7. The third-order valence-electron chi connectivity index (χ3n) is 8.09. The Morgan fingerprint density at radius 1 is 0.875 bits per heavy atom. The van der Waals surface area contributed by atoms with Gasteiger partial charge in [0.2, 0.25) is 17.7 Å². The second kappa shape index (κ2) is 15.4. The van der Waals surface area contributed by atoms with Gasteiger partial charge in [-0.3, -0.25) is 14.4 Å². The van der Waals surface area contributed by atoms with Gasteiger partial charge in [-0.1, -0.05) is 68.4 Å². The molecular weight excluding hydrogens is 608 g/mol. The van der Waals surface area contributed by atoms with Gasteiger partial charge in [-0.15, -0.1) is 5.10 Å². The summed E-state index contributed by atoms with van der Waals surface area (Å²) in [7, 11) is 0. The number of amides is 3. The van der Waals surface area contributed by atoms with Crippen LogP contribution in [0.15, 0.2) is 48.5 Å². The van der Waals surface area contributed by atoms with Crippen LogP contribution in [0.1, 0.15) is 80.2 Å². The molecule has 0 radical (unpaired) electrons. The molecular formula is C37H52N6O5. The van der Waals surface area contributed by atoms with Crippen molar-refractivity contribution in [2.45, 2.75) is 98.9 Å². The fourth-order valence-corrected chi connectivity index (χ4v) is 5.60. The van der Waals surface area contributed by atoms with E-state index >= 15 is 0 Å². The SMILES string of the molecule is CC(=O)NCC(=O)NCCC(=O)N1Cc2ccccc2-c2c(nnn2CC(C)(C)OCCCC(C)(C)OCC(C)(C)C)-c2ccccc21. The van der Waals surface area contributed by atoms with Crippen molar-refractivity contribution in [1.29, 1.82) is 0 Å². The molecule has 0 saturated heterocycles. The summed E-state index contributed by atoms with van der Waals surface area (Å²) in [6.07, 6.45) is 1.85. The van der Waals surface area contributed by atoms with Crippen molar-refractivity contribution in [1.82, 2.24) is 25.6 Å². The molecule has 1 aliphatic heterocycles. The Balaban J connectivity index is 1.52. The highest BCUT2D eigenvalue weighted by molar-refractivity contribution is 6.00. The van der Waals surface area contributed by atoms with E-state index in [2.05, 4.69) is 69.4 Å². The minimum Gasteiger partial charge on any atom is -0.375 e. The molecule has 48 heavy (non-hydrogen) atoms. The first-order valence-electron chi connectivity index (χ1n) is 16.8. The molecule has 2 heterocycles. The Kier molecular flexibility index (Phi) is 11.8. The molecule has 0 aliphatic carbocycles. The van der Waals surface area contributed by atoms with E-state index in [4.69, 9.17) is 9.47 Å². The van der Waals surface area contributed by atoms with Gasteiger partial charge in [-0.25, -0.2) is 4.68 Å². The number of fused-ring (bicyclic) bond motifs is 5. The van der Waals surface area contributed by atoms with E-state index in [0.29, 0.717) is 32.0 Å². The van der Waals surface area contributed by atoms with E-state index in [1.165, 1.54) is 6.92 Å². The fourth-order valence-electron chi connectivity index (χ4n) is 5.60. The van der Waals surface area contributed by atoms with Crippen molar-refractivity contribution in [3.8, 4) is 22.5 Å². The number of carbonyl (C=O) groups is 3. The zero-order valence-electron chi connectivity index (χ0n) is 29.8. The van der Waals surface area contributed by atoms with Crippen LogP contribution in [0.2, 0.25) is 0 Å². The van der Waals surface area contributed by atoms with Crippen molar-refractivity contribution in [3.63, 3.8) is 0 Å². The van der Waals surface area contributed by atoms with Crippen LogP contribution in [0.4, 0.5) is 5.69 Å².